The van der Waals surface area contributed by atoms with Crippen LogP contribution in [0, 0.1) is 0 Å². The van der Waals surface area contributed by atoms with E-state index in [4.69, 9.17) is 19.2 Å². The van der Waals surface area contributed by atoms with Crippen LogP contribution in [0.25, 0.3) is 0 Å². The topological polar surface area (TPSA) is 80.9 Å². The average molecular weight is 190 g/mol. The van der Waals surface area contributed by atoms with Crippen molar-refractivity contribution < 1.29 is 99.8 Å². The maximum absolute atomic E-state index is 7.33. The smallest absolute Gasteiger partial charge is 1.00 e. The van der Waals surface area contributed by atoms with Gasteiger partial charge in [0.25, 0.3) is 0 Å². The van der Waals surface area contributed by atoms with Crippen LogP contribution < -0.4 is 70.2 Å². The molecule has 0 radical (unpaired) electrons. The summed E-state index contributed by atoms with van der Waals surface area (Å²) in [5.41, 5.74) is 0. The van der Waals surface area contributed by atoms with Crippen LogP contribution in [0.4, 0.5) is 4.70 Å². The molecule has 0 aromatic rings. The van der Waals surface area contributed by atoms with Crippen LogP contribution in [0.3, 0.4) is 0 Å². The molecule has 0 amide bonds. The van der Waals surface area contributed by atoms with E-state index in [0.717, 1.165) is 0 Å². The summed E-state index contributed by atoms with van der Waals surface area (Å²) in [6.45, 7) is 0. The van der Waals surface area contributed by atoms with Gasteiger partial charge >= 0.3 is 102 Å². The van der Waals surface area contributed by atoms with Gasteiger partial charge < -0.3 is 24.9 Å². The molecule has 48 valence electrons. The van der Waals surface area contributed by atoms with Crippen LogP contribution in [-0.2, 0) is 0 Å². The van der Waals surface area contributed by atoms with Crippen molar-refractivity contribution in [2.45, 2.75) is 0 Å². The molecule has 0 bridgehead atoms. The monoisotopic (exact) mass is 190 g/mol. The maximum atomic E-state index is 7.33. The second-order valence-corrected chi connectivity index (χ2v) is 1.80. The van der Waals surface area contributed by atoms with Gasteiger partial charge in [0.05, 0.1) is 0 Å². The summed E-state index contributed by atoms with van der Waals surface area (Å²) in [7, 11) is -4.61. The van der Waals surface area contributed by atoms with Gasteiger partial charge in [0.15, 0.2) is 0 Å². The quantitative estimate of drug-likeness (QED) is 0.286. The molecule has 0 heterocycles. The first-order valence-corrected chi connectivity index (χ1v) is 2.68. The fourth-order valence-corrected chi connectivity index (χ4v) is 0. The average Bonchev–Trinajstić information content (AvgIpc) is 0.722. The second kappa shape index (κ2) is 13.6. The van der Waals surface area contributed by atoms with Gasteiger partial charge in [0.2, 0.25) is 0 Å². The van der Waals surface area contributed by atoms with Gasteiger partial charge in [-0.3, -0.25) is 4.70 Å². The van der Waals surface area contributed by atoms with E-state index in [9.17, 15) is 0 Å². The van der Waals surface area contributed by atoms with Gasteiger partial charge in [-0.05, 0) is 0 Å². The van der Waals surface area contributed by atoms with Gasteiger partial charge in [-0.1, -0.05) is 0 Å². The Morgan fingerprint density at radius 3 is 1.00 bits per heavy atom. The number of halogens is 1. The van der Waals surface area contributed by atoms with Gasteiger partial charge in [-0.25, -0.2) is 0 Å². The first kappa shape index (κ1) is 29.6. The molecule has 0 saturated heterocycles. The van der Waals surface area contributed by atoms with Gasteiger partial charge in [-0.15, -0.1) is 0 Å². The van der Waals surface area contributed by atoms with E-state index in [-0.39, 0.29) is 104 Å². The first-order chi connectivity index (χ1) is 2.00. The second-order valence-electron chi connectivity index (χ2n) is 0.600. The summed E-state index contributed by atoms with van der Waals surface area (Å²) in [6.07, 6.45) is 0. The Labute approximate surface area is 130 Å². The molecule has 0 aromatic heterocycles. The maximum Gasteiger partial charge on any atom is 2.00 e. The zero-order valence-corrected chi connectivity index (χ0v) is 10.9. The normalized spacial score (nSPS) is 6.67. The third-order valence-electron chi connectivity index (χ3n) is 0. The Balaban J connectivity index is -0.00000000286. The van der Waals surface area contributed by atoms with Crippen LogP contribution in [0.5, 0.6) is 0 Å². The fraction of sp³-hybridized carbons (Fsp3) is 0. The van der Waals surface area contributed by atoms with E-state index in [2.05, 4.69) is 0 Å². The zero-order valence-electron chi connectivity index (χ0n) is 9.40. The molecule has 9 heavy (non-hydrogen) atoms. The molecule has 0 saturated carbocycles. The van der Waals surface area contributed by atoms with E-state index in [1.54, 1.807) is 0 Å². The third kappa shape index (κ3) is 99.5. The molecule has 0 fully saturated rings. The molecule has 0 rings (SSSR count). The Morgan fingerprint density at radius 1 is 1.00 bits per heavy atom. The van der Waals surface area contributed by atoms with Crippen molar-refractivity contribution in [3.63, 3.8) is 0 Å². The number of hydrogen-bond donors (Lipinski definition) is 4. The molecular formula is H9FKLiMgO4Si. The molecule has 0 aliphatic heterocycles. The van der Waals surface area contributed by atoms with Crippen molar-refractivity contribution in [3.05, 3.63) is 0 Å². The van der Waals surface area contributed by atoms with Crippen molar-refractivity contribution in [2.75, 3.05) is 0 Å². The van der Waals surface area contributed by atoms with Gasteiger partial charge in [-0.2, -0.15) is 0 Å². The minimum atomic E-state index is -4.61. The predicted octanol–water partition coefficient (Wildman–Crippen LogP) is -8.38. The fourth-order valence-electron chi connectivity index (χ4n) is 0. The van der Waals surface area contributed by atoms with E-state index >= 15 is 0 Å². The summed E-state index contributed by atoms with van der Waals surface area (Å²) >= 11 is 0. The van der Waals surface area contributed by atoms with Crippen molar-refractivity contribution >= 4 is 32.1 Å². The third-order valence-corrected chi connectivity index (χ3v) is 0. The van der Waals surface area contributed by atoms with E-state index in [0.29, 0.717) is 0 Å². The molecule has 0 atom stereocenters. The summed E-state index contributed by atoms with van der Waals surface area (Å²) in [4.78, 5) is 29.3. The Hall–Kier alpha value is 2.99. The molecule has 4 N–H and O–H groups in total. The standard InChI is InChI=1S/FH.K.Li.Mg.H4O4Si.4H/c;;;;1-5(2,3)4;;;;/h1H;;;;1-4H;;;;/q;2*+1;+2;;4*-1. The summed E-state index contributed by atoms with van der Waals surface area (Å²) < 4.78 is 0. The minimum absolute atomic E-state index is 0. The van der Waals surface area contributed by atoms with E-state index in [1.165, 1.54) is 0 Å². The van der Waals surface area contributed by atoms with Crippen molar-refractivity contribution in [1.29, 1.82) is 0 Å². The first-order valence-electron chi connectivity index (χ1n) is 0.894. The molecule has 4 nitrogen and oxygen atoms in total. The largest absolute Gasteiger partial charge is 2.00 e. The van der Waals surface area contributed by atoms with Crippen LogP contribution in [-0.4, -0.2) is 51.3 Å². The molecule has 0 aliphatic carbocycles. The summed E-state index contributed by atoms with van der Waals surface area (Å²) in [6, 6.07) is 0. The zero-order chi connectivity index (χ0) is 4.50. The van der Waals surface area contributed by atoms with Crippen molar-refractivity contribution in [3.8, 4) is 0 Å². The predicted molar refractivity (Wildman–Crippen MR) is 27.3 cm³/mol. The Morgan fingerprint density at radius 2 is 1.00 bits per heavy atom. The molecule has 9 heteroatoms. The molecule has 0 unspecified atom stereocenters. The number of rotatable bonds is 0. The number of hydrogen-bond acceptors (Lipinski definition) is 4. The van der Waals surface area contributed by atoms with Crippen LogP contribution >= 0.6 is 0 Å². The molecular weight excluding hydrogens is 181 g/mol. The van der Waals surface area contributed by atoms with Crippen LogP contribution in [0.1, 0.15) is 5.71 Å². The molecule has 0 aliphatic rings. The van der Waals surface area contributed by atoms with Crippen LogP contribution in [0.2, 0.25) is 0 Å². The molecule has 0 spiro atoms. The van der Waals surface area contributed by atoms with Gasteiger partial charge in [0, 0.05) is 0 Å². The summed E-state index contributed by atoms with van der Waals surface area (Å²) in [5, 5.41) is 0. The Bertz CT molecular complexity index is 47.6. The van der Waals surface area contributed by atoms with E-state index in [1.807, 2.05) is 0 Å². The van der Waals surface area contributed by atoms with Crippen molar-refractivity contribution in [1.82, 2.24) is 0 Å². The van der Waals surface area contributed by atoms with Gasteiger partial charge in [0.1, 0.15) is 0 Å². The minimum Gasteiger partial charge on any atom is -1.00 e. The van der Waals surface area contributed by atoms with Crippen LogP contribution in [0.15, 0.2) is 0 Å². The van der Waals surface area contributed by atoms with Crippen molar-refractivity contribution in [2.24, 2.45) is 0 Å². The Kier molecular flexibility index (Phi) is 44.7. The SMILES string of the molecule is F.O[Si](O)(O)O.[H-].[H-].[H-].[H-].[K+].[Li+].[Mg+2]. The molecule has 0 aromatic carbocycles. The van der Waals surface area contributed by atoms with E-state index < -0.39 is 9.05 Å². The summed E-state index contributed by atoms with van der Waals surface area (Å²) in [5.74, 6) is 0.